The quantitative estimate of drug-likeness (QED) is 0.881. The lowest BCUT2D eigenvalue weighted by Crippen LogP contribution is -2.23. The van der Waals surface area contributed by atoms with E-state index in [1.807, 2.05) is 22.9 Å². The monoisotopic (exact) mass is 280 g/mol. The Morgan fingerprint density at radius 2 is 2.11 bits per heavy atom. The highest BCUT2D eigenvalue weighted by atomic mass is 35.5. The minimum absolute atomic E-state index is 0.260. The molecule has 0 bridgehead atoms. The first-order valence-corrected chi connectivity index (χ1v) is 6.75. The molecule has 0 unspecified atom stereocenters. The van der Waals surface area contributed by atoms with Crippen molar-refractivity contribution in [3.63, 3.8) is 0 Å². The number of nitrogens with zero attached hydrogens (tertiary/aromatic N) is 1. The van der Waals surface area contributed by atoms with E-state index in [4.69, 9.17) is 11.6 Å². The molecular formula is C15H18ClFN2. The molecule has 1 aromatic carbocycles. The largest absolute Gasteiger partial charge is 0.346 e. The van der Waals surface area contributed by atoms with Crippen molar-refractivity contribution >= 4 is 11.6 Å². The number of aromatic nitrogens is 1. The van der Waals surface area contributed by atoms with Gasteiger partial charge in [-0.3, -0.25) is 0 Å². The first-order valence-electron chi connectivity index (χ1n) is 6.37. The molecule has 4 heteroatoms. The fraction of sp³-hybridized carbons (Fsp3) is 0.333. The number of hydrogen-bond donors (Lipinski definition) is 1. The standard InChI is InChI=1S/C15H18ClFN2/c1-11(2)18-9-14-4-3-7-19(14)10-12-5-6-13(16)8-15(12)17/h3-8,11,18H,9-10H2,1-2H3. The predicted octanol–water partition coefficient (Wildman–Crippen LogP) is 3.83. The molecule has 0 radical (unpaired) electrons. The minimum atomic E-state index is -0.260. The topological polar surface area (TPSA) is 17.0 Å². The van der Waals surface area contributed by atoms with Crippen LogP contribution in [0.1, 0.15) is 25.1 Å². The van der Waals surface area contributed by atoms with E-state index >= 15 is 0 Å². The third-order valence-electron chi connectivity index (χ3n) is 2.97. The van der Waals surface area contributed by atoms with Crippen LogP contribution in [0.25, 0.3) is 0 Å². The number of benzene rings is 1. The van der Waals surface area contributed by atoms with E-state index in [9.17, 15) is 4.39 Å². The zero-order valence-corrected chi connectivity index (χ0v) is 11.9. The van der Waals surface area contributed by atoms with Crippen molar-refractivity contribution in [1.82, 2.24) is 9.88 Å². The van der Waals surface area contributed by atoms with Gasteiger partial charge in [0.2, 0.25) is 0 Å². The van der Waals surface area contributed by atoms with Crippen LogP contribution in [0, 0.1) is 5.82 Å². The molecule has 0 aliphatic heterocycles. The highest BCUT2D eigenvalue weighted by Gasteiger charge is 2.07. The molecular weight excluding hydrogens is 263 g/mol. The number of nitrogens with one attached hydrogen (secondary N) is 1. The molecule has 0 aliphatic rings. The maximum absolute atomic E-state index is 13.8. The van der Waals surface area contributed by atoms with E-state index < -0.39 is 0 Å². The van der Waals surface area contributed by atoms with Crippen LogP contribution >= 0.6 is 11.6 Å². The van der Waals surface area contributed by atoms with E-state index in [0.717, 1.165) is 12.2 Å². The lowest BCUT2D eigenvalue weighted by Gasteiger charge is -2.12. The zero-order chi connectivity index (χ0) is 13.8. The van der Waals surface area contributed by atoms with Crippen LogP contribution in [-0.2, 0) is 13.1 Å². The fourth-order valence-electron chi connectivity index (χ4n) is 1.91. The summed E-state index contributed by atoms with van der Waals surface area (Å²) in [7, 11) is 0. The minimum Gasteiger partial charge on any atom is -0.346 e. The molecule has 1 aromatic heterocycles. The molecule has 19 heavy (non-hydrogen) atoms. The first-order chi connectivity index (χ1) is 9.06. The van der Waals surface area contributed by atoms with Gasteiger partial charge < -0.3 is 9.88 Å². The third-order valence-corrected chi connectivity index (χ3v) is 3.21. The molecule has 0 amide bonds. The Morgan fingerprint density at radius 3 is 2.79 bits per heavy atom. The van der Waals surface area contributed by atoms with Gasteiger partial charge in [0.05, 0.1) is 6.54 Å². The van der Waals surface area contributed by atoms with Crippen molar-refractivity contribution in [1.29, 1.82) is 0 Å². The van der Waals surface area contributed by atoms with Gasteiger partial charge >= 0.3 is 0 Å². The second kappa shape index (κ2) is 6.22. The average molecular weight is 281 g/mol. The smallest absolute Gasteiger partial charge is 0.129 e. The molecule has 102 valence electrons. The maximum Gasteiger partial charge on any atom is 0.129 e. The molecule has 0 atom stereocenters. The lowest BCUT2D eigenvalue weighted by atomic mass is 10.2. The summed E-state index contributed by atoms with van der Waals surface area (Å²) in [6.07, 6.45) is 1.96. The number of rotatable bonds is 5. The molecule has 0 fully saturated rings. The van der Waals surface area contributed by atoms with Gasteiger partial charge in [-0.05, 0) is 24.3 Å². The lowest BCUT2D eigenvalue weighted by molar-refractivity contribution is 0.556. The Kier molecular flexibility index (Phi) is 4.61. The van der Waals surface area contributed by atoms with E-state index in [1.165, 1.54) is 6.07 Å². The summed E-state index contributed by atoms with van der Waals surface area (Å²) in [5.41, 5.74) is 1.79. The number of halogens is 2. The number of hydrogen-bond acceptors (Lipinski definition) is 1. The summed E-state index contributed by atoms with van der Waals surface area (Å²) in [6.45, 7) is 5.50. The fourth-order valence-corrected chi connectivity index (χ4v) is 2.07. The molecule has 1 N–H and O–H groups in total. The van der Waals surface area contributed by atoms with Gasteiger partial charge in [0.15, 0.2) is 0 Å². The van der Waals surface area contributed by atoms with Crippen LogP contribution in [-0.4, -0.2) is 10.6 Å². The Labute approximate surface area is 118 Å². The molecule has 1 heterocycles. The van der Waals surface area contributed by atoms with Crippen molar-refractivity contribution in [3.05, 3.63) is 58.6 Å². The Hall–Kier alpha value is -1.32. The summed E-state index contributed by atoms with van der Waals surface area (Å²) in [6, 6.07) is 9.25. The molecule has 2 aromatic rings. The van der Waals surface area contributed by atoms with E-state index in [1.54, 1.807) is 12.1 Å². The summed E-state index contributed by atoms with van der Waals surface area (Å²) in [5.74, 6) is -0.260. The molecule has 2 rings (SSSR count). The summed E-state index contributed by atoms with van der Waals surface area (Å²) < 4.78 is 15.8. The highest BCUT2D eigenvalue weighted by Crippen LogP contribution is 2.16. The molecule has 0 saturated carbocycles. The Bertz CT molecular complexity index is 549. The van der Waals surface area contributed by atoms with Crippen LogP contribution < -0.4 is 5.32 Å². The second-order valence-electron chi connectivity index (χ2n) is 4.90. The van der Waals surface area contributed by atoms with Crippen LogP contribution in [0.4, 0.5) is 4.39 Å². The summed E-state index contributed by atoms with van der Waals surface area (Å²) >= 11 is 5.76. The van der Waals surface area contributed by atoms with Gasteiger partial charge in [-0.15, -0.1) is 0 Å². The SMILES string of the molecule is CC(C)NCc1cccn1Cc1ccc(Cl)cc1F. The van der Waals surface area contributed by atoms with E-state index in [2.05, 4.69) is 19.2 Å². The highest BCUT2D eigenvalue weighted by molar-refractivity contribution is 6.30. The van der Waals surface area contributed by atoms with Crippen LogP contribution in [0.5, 0.6) is 0 Å². The Balaban J connectivity index is 2.12. The molecule has 2 nitrogen and oxygen atoms in total. The van der Waals surface area contributed by atoms with Crippen molar-refractivity contribution in [2.24, 2.45) is 0 Å². The van der Waals surface area contributed by atoms with Gasteiger partial charge in [-0.2, -0.15) is 0 Å². The van der Waals surface area contributed by atoms with Crippen molar-refractivity contribution < 1.29 is 4.39 Å². The van der Waals surface area contributed by atoms with Crippen molar-refractivity contribution in [3.8, 4) is 0 Å². The molecule has 0 spiro atoms. The van der Waals surface area contributed by atoms with E-state index in [0.29, 0.717) is 23.2 Å². The van der Waals surface area contributed by atoms with Crippen LogP contribution in [0.2, 0.25) is 5.02 Å². The zero-order valence-electron chi connectivity index (χ0n) is 11.2. The van der Waals surface area contributed by atoms with Crippen molar-refractivity contribution in [2.75, 3.05) is 0 Å². The maximum atomic E-state index is 13.8. The summed E-state index contributed by atoms with van der Waals surface area (Å²) in [5, 5.41) is 3.79. The third kappa shape index (κ3) is 3.82. The average Bonchev–Trinajstić information content (AvgIpc) is 2.77. The van der Waals surface area contributed by atoms with Crippen LogP contribution in [0.3, 0.4) is 0 Å². The van der Waals surface area contributed by atoms with Gasteiger partial charge in [0.1, 0.15) is 5.82 Å². The van der Waals surface area contributed by atoms with Crippen LogP contribution in [0.15, 0.2) is 36.5 Å². The predicted molar refractivity (Wildman–Crippen MR) is 76.9 cm³/mol. The van der Waals surface area contributed by atoms with Crippen molar-refractivity contribution in [2.45, 2.75) is 33.0 Å². The van der Waals surface area contributed by atoms with Gasteiger partial charge in [-0.25, -0.2) is 4.39 Å². The Morgan fingerprint density at radius 1 is 1.32 bits per heavy atom. The summed E-state index contributed by atoms with van der Waals surface area (Å²) in [4.78, 5) is 0. The van der Waals surface area contributed by atoms with Gasteiger partial charge in [0, 0.05) is 35.1 Å². The molecule has 0 aliphatic carbocycles. The van der Waals surface area contributed by atoms with Gasteiger partial charge in [0.25, 0.3) is 0 Å². The normalized spacial score (nSPS) is 11.2. The van der Waals surface area contributed by atoms with Gasteiger partial charge in [-0.1, -0.05) is 31.5 Å². The molecule has 0 saturated heterocycles. The van der Waals surface area contributed by atoms with E-state index in [-0.39, 0.29) is 5.82 Å². The second-order valence-corrected chi connectivity index (χ2v) is 5.34. The first kappa shape index (κ1) is 14.1.